The maximum Gasteiger partial charge on any atom is 0.227 e. The van der Waals surface area contributed by atoms with Crippen molar-refractivity contribution in [2.24, 2.45) is 5.92 Å². The molecule has 1 aliphatic carbocycles. The highest BCUT2D eigenvalue weighted by molar-refractivity contribution is 9.10. The summed E-state index contributed by atoms with van der Waals surface area (Å²) >= 11 is 3.52. The van der Waals surface area contributed by atoms with Crippen molar-refractivity contribution in [3.8, 4) is 0 Å². The molecule has 0 N–H and O–H groups in total. The average molecular weight is 338 g/mol. The first-order valence-corrected chi connectivity index (χ1v) is 8.14. The fourth-order valence-corrected chi connectivity index (χ4v) is 3.18. The molecule has 0 unspecified atom stereocenters. The molecule has 2 fully saturated rings. The van der Waals surface area contributed by atoms with Crippen LogP contribution in [-0.4, -0.2) is 36.6 Å². The van der Waals surface area contributed by atoms with Gasteiger partial charge in [0.1, 0.15) is 0 Å². The third-order valence-electron chi connectivity index (χ3n) is 4.09. The Kier molecular flexibility index (Phi) is 4.41. The van der Waals surface area contributed by atoms with Gasteiger partial charge >= 0.3 is 0 Å². The number of hydrogen-bond donors (Lipinski definition) is 0. The van der Waals surface area contributed by atoms with Crippen LogP contribution in [-0.2, 0) is 16.0 Å². The molecule has 1 aromatic carbocycles. The van der Waals surface area contributed by atoms with E-state index in [1.54, 1.807) is 0 Å². The lowest BCUT2D eigenvalue weighted by Crippen LogP contribution is -2.38. The molecule has 1 saturated heterocycles. The van der Waals surface area contributed by atoms with E-state index in [2.05, 4.69) is 20.8 Å². The maximum atomic E-state index is 12.6. The second kappa shape index (κ2) is 6.27. The molecule has 20 heavy (non-hydrogen) atoms. The van der Waals surface area contributed by atoms with Crippen molar-refractivity contribution in [3.63, 3.8) is 0 Å². The molecule has 3 rings (SSSR count). The molecule has 0 radical (unpaired) electrons. The molecule has 1 aliphatic heterocycles. The zero-order valence-electron chi connectivity index (χ0n) is 11.6. The zero-order valence-corrected chi connectivity index (χ0v) is 13.1. The number of carbonyl (C=O) groups excluding carboxylic acids is 1. The van der Waals surface area contributed by atoms with Gasteiger partial charge in [-0.05, 0) is 30.9 Å². The lowest BCUT2D eigenvalue weighted by atomic mass is 10.1. The second-order valence-electron chi connectivity index (χ2n) is 5.78. The van der Waals surface area contributed by atoms with E-state index >= 15 is 0 Å². The molecule has 4 heteroatoms. The van der Waals surface area contributed by atoms with E-state index < -0.39 is 0 Å². The highest BCUT2D eigenvalue weighted by atomic mass is 79.9. The molecular weight excluding hydrogens is 318 g/mol. The molecule has 1 atom stereocenters. The van der Waals surface area contributed by atoms with Gasteiger partial charge < -0.3 is 9.64 Å². The highest BCUT2D eigenvalue weighted by Crippen LogP contribution is 2.30. The minimum atomic E-state index is 0.256. The standard InChI is InChI=1S/C16H20BrNO2/c17-15-4-2-1-3-13(15)9-16(19)18(14-5-6-14)10-12-7-8-20-11-12/h1-4,12,14H,5-11H2/t12-/m0/s1. The van der Waals surface area contributed by atoms with Crippen molar-refractivity contribution in [1.82, 2.24) is 4.90 Å². The monoisotopic (exact) mass is 337 g/mol. The van der Waals surface area contributed by atoms with Crippen LogP contribution in [0.15, 0.2) is 28.7 Å². The molecule has 2 aliphatic rings. The molecule has 108 valence electrons. The summed E-state index contributed by atoms with van der Waals surface area (Å²) in [6.07, 6.45) is 3.90. The van der Waals surface area contributed by atoms with E-state index in [0.717, 1.165) is 49.1 Å². The van der Waals surface area contributed by atoms with Gasteiger partial charge in [0.05, 0.1) is 13.0 Å². The van der Waals surface area contributed by atoms with E-state index in [-0.39, 0.29) is 5.91 Å². The van der Waals surface area contributed by atoms with Gasteiger partial charge in [-0.25, -0.2) is 0 Å². The molecule has 3 nitrogen and oxygen atoms in total. The SMILES string of the molecule is O=C(Cc1ccccc1Br)N(C[C@@H]1CCOC1)C1CC1. The second-order valence-corrected chi connectivity index (χ2v) is 6.63. The van der Waals surface area contributed by atoms with Crippen molar-refractivity contribution < 1.29 is 9.53 Å². The number of ether oxygens (including phenoxy) is 1. The number of amides is 1. The first-order chi connectivity index (χ1) is 9.74. The van der Waals surface area contributed by atoms with Gasteiger partial charge in [0, 0.05) is 29.6 Å². The Balaban J connectivity index is 1.64. The summed E-state index contributed by atoms with van der Waals surface area (Å²) in [5, 5.41) is 0. The maximum absolute atomic E-state index is 12.6. The lowest BCUT2D eigenvalue weighted by Gasteiger charge is -2.25. The predicted octanol–water partition coefficient (Wildman–Crippen LogP) is 3.02. The molecule has 1 saturated carbocycles. The number of rotatable bonds is 5. The summed E-state index contributed by atoms with van der Waals surface area (Å²) in [4.78, 5) is 14.7. The summed E-state index contributed by atoms with van der Waals surface area (Å²) in [6, 6.07) is 8.46. The smallest absolute Gasteiger partial charge is 0.227 e. The molecule has 0 spiro atoms. The fraction of sp³-hybridized carbons (Fsp3) is 0.562. The minimum absolute atomic E-state index is 0.256. The van der Waals surface area contributed by atoms with Gasteiger partial charge in [0.2, 0.25) is 5.91 Å². The van der Waals surface area contributed by atoms with Crippen LogP contribution in [0.1, 0.15) is 24.8 Å². The first kappa shape index (κ1) is 14.1. The van der Waals surface area contributed by atoms with Crippen LogP contribution in [0.2, 0.25) is 0 Å². The van der Waals surface area contributed by atoms with Gasteiger partial charge in [-0.3, -0.25) is 4.79 Å². The molecular formula is C16H20BrNO2. The van der Waals surface area contributed by atoms with Crippen LogP contribution in [0.5, 0.6) is 0 Å². The van der Waals surface area contributed by atoms with E-state index in [1.807, 2.05) is 24.3 Å². The van der Waals surface area contributed by atoms with Crippen LogP contribution in [0.25, 0.3) is 0 Å². The number of carbonyl (C=O) groups is 1. The number of halogens is 1. The lowest BCUT2D eigenvalue weighted by molar-refractivity contribution is -0.131. The third kappa shape index (κ3) is 3.41. The van der Waals surface area contributed by atoms with Crippen LogP contribution in [0, 0.1) is 5.92 Å². The van der Waals surface area contributed by atoms with Gasteiger partial charge in [-0.2, -0.15) is 0 Å². The molecule has 1 heterocycles. The Morgan fingerprint density at radius 3 is 2.75 bits per heavy atom. The van der Waals surface area contributed by atoms with Crippen molar-refractivity contribution in [3.05, 3.63) is 34.3 Å². The van der Waals surface area contributed by atoms with Gasteiger partial charge in [-0.1, -0.05) is 34.1 Å². The molecule has 0 aromatic heterocycles. The largest absolute Gasteiger partial charge is 0.381 e. The summed E-state index contributed by atoms with van der Waals surface area (Å²) < 4.78 is 6.45. The minimum Gasteiger partial charge on any atom is -0.381 e. The summed E-state index contributed by atoms with van der Waals surface area (Å²) in [5.74, 6) is 0.782. The average Bonchev–Trinajstić information content (AvgIpc) is 3.15. The topological polar surface area (TPSA) is 29.5 Å². The van der Waals surface area contributed by atoms with Crippen LogP contribution in [0.4, 0.5) is 0 Å². The summed E-state index contributed by atoms with van der Waals surface area (Å²) in [5.41, 5.74) is 1.07. The zero-order chi connectivity index (χ0) is 13.9. The van der Waals surface area contributed by atoms with E-state index in [0.29, 0.717) is 18.4 Å². The van der Waals surface area contributed by atoms with Crippen LogP contribution < -0.4 is 0 Å². The molecule has 0 bridgehead atoms. The van der Waals surface area contributed by atoms with Gasteiger partial charge in [0.15, 0.2) is 0 Å². The Morgan fingerprint density at radius 1 is 1.30 bits per heavy atom. The highest BCUT2D eigenvalue weighted by Gasteiger charge is 2.34. The van der Waals surface area contributed by atoms with Gasteiger partial charge in [-0.15, -0.1) is 0 Å². The first-order valence-electron chi connectivity index (χ1n) is 7.34. The molecule has 1 aromatic rings. The van der Waals surface area contributed by atoms with Crippen molar-refractivity contribution in [2.45, 2.75) is 31.7 Å². The summed E-state index contributed by atoms with van der Waals surface area (Å²) in [7, 11) is 0. The predicted molar refractivity (Wildman–Crippen MR) is 81.5 cm³/mol. The van der Waals surface area contributed by atoms with E-state index in [1.165, 1.54) is 0 Å². The van der Waals surface area contributed by atoms with Crippen LogP contribution >= 0.6 is 15.9 Å². The summed E-state index contributed by atoms with van der Waals surface area (Å²) in [6.45, 7) is 2.53. The van der Waals surface area contributed by atoms with Crippen molar-refractivity contribution >= 4 is 21.8 Å². The van der Waals surface area contributed by atoms with E-state index in [9.17, 15) is 4.79 Å². The number of nitrogens with zero attached hydrogens (tertiary/aromatic N) is 1. The molecule has 1 amide bonds. The fourth-order valence-electron chi connectivity index (χ4n) is 2.75. The number of benzene rings is 1. The van der Waals surface area contributed by atoms with Crippen molar-refractivity contribution in [1.29, 1.82) is 0 Å². The quantitative estimate of drug-likeness (QED) is 0.826. The van der Waals surface area contributed by atoms with Crippen LogP contribution in [0.3, 0.4) is 0 Å². The van der Waals surface area contributed by atoms with Crippen molar-refractivity contribution in [2.75, 3.05) is 19.8 Å². The Bertz CT molecular complexity index is 481. The normalized spacial score (nSPS) is 21.9. The Morgan fingerprint density at radius 2 is 2.10 bits per heavy atom. The van der Waals surface area contributed by atoms with E-state index in [4.69, 9.17) is 4.74 Å². The van der Waals surface area contributed by atoms with Gasteiger partial charge in [0.25, 0.3) is 0 Å². The Hall–Kier alpha value is -0.870. The Labute approximate surface area is 128 Å². The third-order valence-corrected chi connectivity index (χ3v) is 4.86. The number of hydrogen-bond acceptors (Lipinski definition) is 2.